The first kappa shape index (κ1) is 13.6. The molecule has 0 fully saturated rings. The zero-order chi connectivity index (χ0) is 13.8. The lowest BCUT2D eigenvalue weighted by Gasteiger charge is -2.04. The lowest BCUT2D eigenvalue weighted by molar-refractivity contribution is -0.387. The van der Waals surface area contributed by atoms with Crippen LogP contribution in [0.25, 0.3) is 0 Å². The lowest BCUT2D eigenvalue weighted by Crippen LogP contribution is -2.02. The number of ether oxygens (including phenoxy) is 1. The molecule has 5 nitrogen and oxygen atoms in total. The van der Waals surface area contributed by atoms with Crippen LogP contribution < -0.4 is 0 Å². The number of nitro groups is 1. The van der Waals surface area contributed by atoms with Gasteiger partial charge in [-0.15, -0.1) is 11.3 Å². The van der Waals surface area contributed by atoms with Crippen molar-refractivity contribution in [2.45, 2.75) is 9.10 Å². The van der Waals surface area contributed by atoms with Crippen LogP contribution >= 0.6 is 23.1 Å². The Kier molecular flexibility index (Phi) is 4.18. The van der Waals surface area contributed by atoms with Crippen molar-refractivity contribution in [3.05, 3.63) is 51.4 Å². The van der Waals surface area contributed by atoms with Gasteiger partial charge in [0.2, 0.25) is 0 Å². The maximum absolute atomic E-state index is 11.5. The Bertz CT molecular complexity index is 610. The van der Waals surface area contributed by atoms with E-state index in [-0.39, 0.29) is 5.69 Å². The lowest BCUT2D eigenvalue weighted by atomic mass is 10.2. The molecule has 0 atom stereocenters. The van der Waals surface area contributed by atoms with Gasteiger partial charge in [-0.3, -0.25) is 10.1 Å². The minimum Gasteiger partial charge on any atom is -0.465 e. The third-order valence-corrected chi connectivity index (χ3v) is 4.37. The van der Waals surface area contributed by atoms with Crippen molar-refractivity contribution in [3.8, 4) is 0 Å². The number of benzene rings is 1. The summed E-state index contributed by atoms with van der Waals surface area (Å²) in [5, 5.41) is 12.9. The van der Waals surface area contributed by atoms with Crippen LogP contribution in [-0.2, 0) is 4.74 Å². The fourth-order valence-corrected chi connectivity index (χ4v) is 3.29. The molecule has 19 heavy (non-hydrogen) atoms. The molecule has 0 unspecified atom stereocenters. The minimum atomic E-state index is -0.511. The largest absolute Gasteiger partial charge is 0.465 e. The molecule has 1 aromatic carbocycles. The van der Waals surface area contributed by atoms with Crippen molar-refractivity contribution >= 4 is 34.8 Å². The highest BCUT2D eigenvalue weighted by atomic mass is 32.2. The van der Waals surface area contributed by atoms with E-state index in [4.69, 9.17) is 0 Å². The molecule has 0 N–H and O–H groups in total. The second-order valence-corrected chi connectivity index (χ2v) is 5.76. The Morgan fingerprint density at radius 3 is 2.79 bits per heavy atom. The summed E-state index contributed by atoms with van der Waals surface area (Å²) in [6, 6.07) is 7.92. The number of thiophene rings is 1. The number of esters is 1. The van der Waals surface area contributed by atoms with E-state index >= 15 is 0 Å². The van der Waals surface area contributed by atoms with E-state index < -0.39 is 10.9 Å². The summed E-state index contributed by atoms with van der Waals surface area (Å²) < 4.78 is 5.53. The van der Waals surface area contributed by atoms with Crippen molar-refractivity contribution < 1.29 is 14.5 Å². The van der Waals surface area contributed by atoms with Gasteiger partial charge in [0.1, 0.15) is 0 Å². The van der Waals surface area contributed by atoms with Crippen LogP contribution in [0.5, 0.6) is 0 Å². The molecular formula is C12H9NO4S2. The van der Waals surface area contributed by atoms with Crippen LogP contribution in [0.3, 0.4) is 0 Å². The molecule has 2 rings (SSSR count). The maximum atomic E-state index is 11.5. The minimum absolute atomic E-state index is 0.0222. The van der Waals surface area contributed by atoms with Gasteiger partial charge >= 0.3 is 5.97 Å². The quantitative estimate of drug-likeness (QED) is 0.489. The van der Waals surface area contributed by atoms with E-state index in [1.807, 2.05) is 17.5 Å². The highest BCUT2D eigenvalue weighted by molar-refractivity contribution is 8.01. The Morgan fingerprint density at radius 1 is 1.42 bits per heavy atom. The van der Waals surface area contributed by atoms with Crippen LogP contribution in [0.2, 0.25) is 0 Å². The topological polar surface area (TPSA) is 69.4 Å². The second kappa shape index (κ2) is 5.85. The number of rotatable bonds is 4. The summed E-state index contributed by atoms with van der Waals surface area (Å²) in [4.78, 5) is 22.4. The average Bonchev–Trinajstić information content (AvgIpc) is 2.90. The van der Waals surface area contributed by atoms with E-state index in [1.165, 1.54) is 48.4 Å². The molecule has 98 valence electrons. The highest BCUT2D eigenvalue weighted by Crippen LogP contribution is 2.37. The molecule has 0 aliphatic carbocycles. The molecule has 2 aromatic rings. The SMILES string of the molecule is COC(=O)c1ccc([N+](=O)[O-])c(Sc2cccs2)c1. The first-order valence-electron chi connectivity index (χ1n) is 5.20. The monoisotopic (exact) mass is 295 g/mol. The molecular weight excluding hydrogens is 286 g/mol. The van der Waals surface area contributed by atoms with E-state index in [1.54, 1.807) is 0 Å². The Morgan fingerprint density at radius 2 is 2.21 bits per heavy atom. The van der Waals surface area contributed by atoms with Crippen molar-refractivity contribution in [2.24, 2.45) is 0 Å². The molecule has 0 aliphatic heterocycles. The highest BCUT2D eigenvalue weighted by Gasteiger charge is 2.18. The zero-order valence-corrected chi connectivity index (χ0v) is 11.5. The number of hydrogen-bond donors (Lipinski definition) is 0. The van der Waals surface area contributed by atoms with Gasteiger partial charge in [-0.1, -0.05) is 17.8 Å². The van der Waals surface area contributed by atoms with E-state index in [9.17, 15) is 14.9 Å². The smallest absolute Gasteiger partial charge is 0.337 e. The number of nitro benzene ring substituents is 1. The molecule has 0 bridgehead atoms. The zero-order valence-electron chi connectivity index (χ0n) is 9.86. The van der Waals surface area contributed by atoms with Gasteiger partial charge in [-0.05, 0) is 23.6 Å². The van der Waals surface area contributed by atoms with Crippen molar-refractivity contribution in [3.63, 3.8) is 0 Å². The average molecular weight is 295 g/mol. The molecule has 0 saturated carbocycles. The number of carbonyl (C=O) groups is 1. The standard InChI is InChI=1S/C12H9NO4S2/c1-17-12(14)8-4-5-9(13(15)16)10(7-8)19-11-3-2-6-18-11/h2-7H,1H3. The van der Waals surface area contributed by atoms with Gasteiger partial charge < -0.3 is 4.74 Å². The van der Waals surface area contributed by atoms with E-state index in [2.05, 4.69) is 4.74 Å². The Hall–Kier alpha value is -1.86. The van der Waals surface area contributed by atoms with Crippen LogP contribution in [0, 0.1) is 10.1 Å². The molecule has 0 amide bonds. The normalized spacial score (nSPS) is 10.2. The van der Waals surface area contributed by atoms with Crippen LogP contribution in [0.4, 0.5) is 5.69 Å². The van der Waals surface area contributed by atoms with Gasteiger partial charge in [0.05, 0.1) is 26.7 Å². The molecule has 1 aromatic heterocycles. The fraction of sp³-hybridized carbons (Fsp3) is 0.0833. The van der Waals surface area contributed by atoms with E-state index in [0.717, 1.165) is 4.21 Å². The van der Waals surface area contributed by atoms with Crippen molar-refractivity contribution in [1.29, 1.82) is 0 Å². The second-order valence-electron chi connectivity index (χ2n) is 3.47. The fourth-order valence-electron chi connectivity index (χ4n) is 1.42. The molecule has 7 heteroatoms. The molecule has 0 radical (unpaired) electrons. The van der Waals surface area contributed by atoms with Crippen molar-refractivity contribution in [1.82, 2.24) is 0 Å². The third kappa shape index (κ3) is 3.12. The molecule has 0 saturated heterocycles. The number of methoxy groups -OCH3 is 1. The van der Waals surface area contributed by atoms with Crippen LogP contribution in [0.1, 0.15) is 10.4 Å². The maximum Gasteiger partial charge on any atom is 0.337 e. The van der Waals surface area contributed by atoms with Gasteiger partial charge in [0.25, 0.3) is 5.69 Å². The first-order chi connectivity index (χ1) is 9.11. The third-order valence-electron chi connectivity index (χ3n) is 2.28. The predicted molar refractivity (Wildman–Crippen MR) is 72.9 cm³/mol. The molecule has 0 aliphatic rings. The number of hydrogen-bond acceptors (Lipinski definition) is 6. The number of carbonyl (C=O) groups excluding carboxylic acids is 1. The molecule has 1 heterocycles. The van der Waals surface area contributed by atoms with Gasteiger partial charge in [0, 0.05) is 6.07 Å². The van der Waals surface area contributed by atoms with Crippen LogP contribution in [0.15, 0.2) is 44.8 Å². The van der Waals surface area contributed by atoms with Gasteiger partial charge in [-0.2, -0.15) is 0 Å². The first-order valence-corrected chi connectivity index (χ1v) is 6.89. The summed E-state index contributed by atoms with van der Waals surface area (Å²) in [7, 11) is 1.27. The predicted octanol–water partition coefficient (Wildman–Crippen LogP) is 3.59. The summed E-state index contributed by atoms with van der Waals surface area (Å²) in [6.07, 6.45) is 0. The summed E-state index contributed by atoms with van der Waals surface area (Å²) in [5.74, 6) is -0.511. The molecule has 0 spiro atoms. The number of nitrogens with zero attached hydrogens (tertiary/aromatic N) is 1. The Balaban J connectivity index is 2.41. The summed E-state index contributed by atoms with van der Waals surface area (Å²) in [6.45, 7) is 0. The summed E-state index contributed by atoms with van der Waals surface area (Å²) in [5.41, 5.74) is 0.276. The Labute approximate surface area is 117 Å². The van der Waals surface area contributed by atoms with Gasteiger partial charge in [0.15, 0.2) is 0 Å². The van der Waals surface area contributed by atoms with Gasteiger partial charge in [-0.25, -0.2) is 4.79 Å². The summed E-state index contributed by atoms with van der Waals surface area (Å²) >= 11 is 2.74. The van der Waals surface area contributed by atoms with Crippen LogP contribution in [-0.4, -0.2) is 18.0 Å². The van der Waals surface area contributed by atoms with E-state index in [0.29, 0.717) is 10.5 Å². The van der Waals surface area contributed by atoms with Crippen molar-refractivity contribution in [2.75, 3.05) is 7.11 Å².